The van der Waals surface area contributed by atoms with E-state index >= 15 is 0 Å². The van der Waals surface area contributed by atoms with Gasteiger partial charge in [-0.3, -0.25) is 4.79 Å². The van der Waals surface area contributed by atoms with E-state index < -0.39 is 0 Å². The number of hydrogen-bond donors (Lipinski definition) is 1. The van der Waals surface area contributed by atoms with Gasteiger partial charge in [-0.1, -0.05) is 16.6 Å². The topological polar surface area (TPSA) is 64.1 Å². The van der Waals surface area contributed by atoms with Gasteiger partial charge in [-0.2, -0.15) is 0 Å². The van der Waals surface area contributed by atoms with Gasteiger partial charge < -0.3 is 10.1 Å². The molecule has 0 aliphatic carbocycles. The molecule has 0 radical (unpaired) electrons. The second-order valence-corrected chi connectivity index (χ2v) is 6.13. The molecule has 6 heteroatoms. The Morgan fingerprint density at radius 3 is 2.58 bits per heavy atom. The van der Waals surface area contributed by atoms with Crippen LogP contribution in [-0.2, 0) is 0 Å². The number of methoxy groups -OCH3 is 1. The molecule has 1 N–H and O–H groups in total. The fourth-order valence-electron chi connectivity index (χ4n) is 2.34. The highest BCUT2D eigenvalue weighted by Gasteiger charge is 2.18. The molecular weight excluding hydrogens is 322 g/mol. The number of amides is 1. The van der Waals surface area contributed by atoms with E-state index in [2.05, 4.69) is 14.9 Å². The lowest BCUT2D eigenvalue weighted by Crippen LogP contribution is -2.12. The lowest BCUT2D eigenvalue weighted by molar-refractivity contribution is 0.103. The Hall–Kier alpha value is -2.73. The van der Waals surface area contributed by atoms with E-state index in [4.69, 9.17) is 4.74 Å². The average molecular weight is 339 g/mol. The van der Waals surface area contributed by atoms with E-state index in [9.17, 15) is 4.79 Å². The van der Waals surface area contributed by atoms with Gasteiger partial charge in [0.05, 0.1) is 7.11 Å². The summed E-state index contributed by atoms with van der Waals surface area (Å²) in [6.07, 6.45) is 0. The van der Waals surface area contributed by atoms with Crippen LogP contribution in [0.4, 0.5) is 5.69 Å². The van der Waals surface area contributed by atoms with Crippen LogP contribution in [-0.4, -0.2) is 22.6 Å². The van der Waals surface area contributed by atoms with Gasteiger partial charge in [-0.05, 0) is 66.8 Å². The Bertz CT molecular complexity index is 872. The zero-order valence-electron chi connectivity index (χ0n) is 13.7. The van der Waals surface area contributed by atoms with Gasteiger partial charge in [0.15, 0.2) is 0 Å². The molecular formula is C18H17N3O2S. The van der Waals surface area contributed by atoms with Crippen LogP contribution in [0.25, 0.3) is 11.3 Å². The SMILES string of the molecule is COc1ccc(-c2nnsc2C(=O)Nc2cccc(C)c2C)cc1. The van der Waals surface area contributed by atoms with Crippen molar-refractivity contribution in [3.8, 4) is 17.0 Å². The molecule has 3 rings (SSSR count). The lowest BCUT2D eigenvalue weighted by Gasteiger charge is -2.10. The summed E-state index contributed by atoms with van der Waals surface area (Å²) in [4.78, 5) is 13.1. The summed E-state index contributed by atoms with van der Waals surface area (Å²) in [5.74, 6) is 0.549. The van der Waals surface area contributed by atoms with Crippen LogP contribution < -0.4 is 10.1 Å². The van der Waals surface area contributed by atoms with Crippen LogP contribution in [0.15, 0.2) is 42.5 Å². The van der Waals surface area contributed by atoms with E-state index in [0.717, 1.165) is 39.7 Å². The van der Waals surface area contributed by atoms with E-state index in [-0.39, 0.29) is 5.91 Å². The van der Waals surface area contributed by atoms with Crippen LogP contribution in [0.5, 0.6) is 5.75 Å². The molecule has 0 fully saturated rings. The number of aromatic nitrogens is 2. The number of hydrogen-bond acceptors (Lipinski definition) is 5. The van der Waals surface area contributed by atoms with E-state index in [1.807, 2.05) is 56.3 Å². The van der Waals surface area contributed by atoms with Gasteiger partial charge in [0.25, 0.3) is 5.91 Å². The zero-order valence-corrected chi connectivity index (χ0v) is 14.5. The Morgan fingerprint density at radius 1 is 1.12 bits per heavy atom. The minimum atomic E-state index is -0.204. The Kier molecular flexibility index (Phi) is 4.57. The van der Waals surface area contributed by atoms with Gasteiger partial charge in [-0.25, -0.2) is 0 Å². The monoisotopic (exact) mass is 339 g/mol. The number of anilines is 1. The summed E-state index contributed by atoms with van der Waals surface area (Å²) in [6.45, 7) is 4.00. The van der Waals surface area contributed by atoms with Crippen molar-refractivity contribution in [2.24, 2.45) is 0 Å². The minimum Gasteiger partial charge on any atom is -0.497 e. The number of carbonyl (C=O) groups excluding carboxylic acids is 1. The summed E-state index contributed by atoms with van der Waals surface area (Å²) in [7, 11) is 1.61. The maximum Gasteiger partial charge on any atom is 0.269 e. The van der Waals surface area contributed by atoms with Crippen LogP contribution >= 0.6 is 11.5 Å². The summed E-state index contributed by atoms with van der Waals surface area (Å²) < 4.78 is 9.10. The highest BCUT2D eigenvalue weighted by Crippen LogP contribution is 2.27. The number of benzene rings is 2. The molecule has 0 aliphatic rings. The molecule has 122 valence electrons. The molecule has 5 nitrogen and oxygen atoms in total. The molecule has 1 heterocycles. The normalized spacial score (nSPS) is 10.5. The first-order chi connectivity index (χ1) is 11.6. The first-order valence-corrected chi connectivity index (χ1v) is 8.22. The molecule has 3 aromatic rings. The van der Waals surface area contributed by atoms with Crippen molar-refractivity contribution < 1.29 is 9.53 Å². The van der Waals surface area contributed by atoms with Crippen molar-refractivity contribution in [2.45, 2.75) is 13.8 Å². The van der Waals surface area contributed by atoms with Crippen molar-refractivity contribution in [2.75, 3.05) is 12.4 Å². The Morgan fingerprint density at radius 2 is 1.88 bits per heavy atom. The third-order valence-electron chi connectivity index (χ3n) is 3.91. The summed E-state index contributed by atoms with van der Waals surface area (Å²) >= 11 is 1.09. The number of carbonyl (C=O) groups is 1. The summed E-state index contributed by atoms with van der Waals surface area (Å²) in [6, 6.07) is 13.2. The van der Waals surface area contributed by atoms with E-state index in [0.29, 0.717) is 10.6 Å². The van der Waals surface area contributed by atoms with Gasteiger partial charge in [0.1, 0.15) is 16.3 Å². The molecule has 0 saturated heterocycles. The van der Waals surface area contributed by atoms with Gasteiger partial charge >= 0.3 is 0 Å². The minimum absolute atomic E-state index is 0.204. The number of nitrogens with zero attached hydrogens (tertiary/aromatic N) is 2. The number of nitrogens with one attached hydrogen (secondary N) is 1. The third kappa shape index (κ3) is 3.14. The Labute approximate surface area is 144 Å². The maximum atomic E-state index is 12.7. The van der Waals surface area contributed by atoms with Gasteiger partial charge in [0, 0.05) is 11.3 Å². The van der Waals surface area contributed by atoms with Crippen LogP contribution in [0, 0.1) is 13.8 Å². The molecule has 2 aromatic carbocycles. The maximum absolute atomic E-state index is 12.7. The van der Waals surface area contributed by atoms with E-state index in [1.165, 1.54) is 0 Å². The standard InChI is InChI=1S/C18H17N3O2S/c1-11-5-4-6-15(12(11)2)19-18(22)17-16(20-21-24-17)13-7-9-14(23-3)10-8-13/h4-10H,1-3H3,(H,19,22). The fourth-order valence-corrected chi connectivity index (χ4v) is 2.93. The molecule has 0 aliphatic heterocycles. The number of rotatable bonds is 4. The van der Waals surface area contributed by atoms with Gasteiger partial charge in [-0.15, -0.1) is 5.10 Å². The highest BCUT2D eigenvalue weighted by atomic mass is 32.1. The largest absolute Gasteiger partial charge is 0.497 e. The second kappa shape index (κ2) is 6.80. The highest BCUT2D eigenvalue weighted by molar-refractivity contribution is 7.08. The molecule has 0 atom stereocenters. The van der Waals surface area contributed by atoms with Crippen LogP contribution in [0.3, 0.4) is 0 Å². The lowest BCUT2D eigenvalue weighted by atomic mass is 10.1. The van der Waals surface area contributed by atoms with Crippen molar-refractivity contribution >= 4 is 23.1 Å². The third-order valence-corrected chi connectivity index (χ3v) is 4.64. The first-order valence-electron chi connectivity index (χ1n) is 7.44. The molecule has 0 saturated carbocycles. The smallest absolute Gasteiger partial charge is 0.269 e. The van der Waals surface area contributed by atoms with Gasteiger partial charge in [0.2, 0.25) is 0 Å². The molecule has 1 amide bonds. The quantitative estimate of drug-likeness (QED) is 0.778. The molecule has 0 unspecified atom stereocenters. The predicted octanol–water partition coefficient (Wildman–Crippen LogP) is 4.08. The Balaban J connectivity index is 1.89. The molecule has 0 bridgehead atoms. The van der Waals surface area contributed by atoms with E-state index in [1.54, 1.807) is 7.11 Å². The van der Waals surface area contributed by atoms with Crippen LogP contribution in [0.1, 0.15) is 20.8 Å². The predicted molar refractivity (Wildman–Crippen MR) is 95.8 cm³/mol. The average Bonchev–Trinajstić information content (AvgIpc) is 3.09. The van der Waals surface area contributed by atoms with Crippen molar-refractivity contribution in [1.82, 2.24) is 9.59 Å². The van der Waals surface area contributed by atoms with Crippen molar-refractivity contribution in [3.05, 3.63) is 58.5 Å². The number of ether oxygens (including phenoxy) is 1. The molecule has 24 heavy (non-hydrogen) atoms. The fraction of sp³-hybridized carbons (Fsp3) is 0.167. The second-order valence-electron chi connectivity index (χ2n) is 5.38. The zero-order chi connectivity index (χ0) is 17.1. The van der Waals surface area contributed by atoms with Crippen LogP contribution in [0.2, 0.25) is 0 Å². The molecule has 1 aromatic heterocycles. The summed E-state index contributed by atoms with van der Waals surface area (Å²) in [5, 5.41) is 7.06. The first kappa shape index (κ1) is 16.1. The summed E-state index contributed by atoms with van der Waals surface area (Å²) in [5.41, 5.74) is 4.38. The molecule has 0 spiro atoms. The number of aryl methyl sites for hydroxylation is 1. The van der Waals surface area contributed by atoms with Crippen molar-refractivity contribution in [3.63, 3.8) is 0 Å². The van der Waals surface area contributed by atoms with Crippen molar-refractivity contribution in [1.29, 1.82) is 0 Å².